The number of hydrogen-bond donors (Lipinski definition) is 1. The molecule has 2 aromatic carbocycles. The number of rotatable bonds is 2. The molecule has 2 fully saturated rings. The summed E-state index contributed by atoms with van der Waals surface area (Å²) in [6.45, 7) is 0.633. The molecule has 4 atom stereocenters. The van der Waals surface area contributed by atoms with Crippen molar-refractivity contribution in [2.75, 3.05) is 11.9 Å². The van der Waals surface area contributed by atoms with Gasteiger partial charge in [0.1, 0.15) is 5.82 Å². The first-order valence-corrected chi connectivity index (χ1v) is 9.12. The number of anilines is 1. The Bertz CT molecular complexity index is 948. The Morgan fingerprint density at radius 3 is 2.67 bits per heavy atom. The average molecular weight is 367 g/mol. The Kier molecular flexibility index (Phi) is 3.40. The van der Waals surface area contributed by atoms with Gasteiger partial charge in [0.25, 0.3) is 11.9 Å². The topological polar surface area (TPSA) is 75.5 Å². The van der Waals surface area contributed by atoms with Crippen molar-refractivity contribution in [3.8, 4) is 0 Å². The number of nitro groups is 1. The molecule has 1 amide bonds. The molecule has 138 valence electrons. The highest BCUT2D eigenvalue weighted by Gasteiger charge is 2.73. The van der Waals surface area contributed by atoms with Crippen LogP contribution in [-0.4, -0.2) is 34.4 Å². The van der Waals surface area contributed by atoms with E-state index in [1.54, 1.807) is 18.2 Å². The third kappa shape index (κ3) is 2.00. The van der Waals surface area contributed by atoms with Crippen LogP contribution >= 0.6 is 0 Å². The quantitative estimate of drug-likeness (QED) is 0.654. The van der Waals surface area contributed by atoms with Crippen molar-refractivity contribution < 1.29 is 14.1 Å². The molecule has 0 bridgehead atoms. The monoisotopic (exact) mass is 367 g/mol. The molecule has 3 aliphatic heterocycles. The van der Waals surface area contributed by atoms with Gasteiger partial charge in [0.05, 0.1) is 5.92 Å². The van der Waals surface area contributed by atoms with Crippen LogP contribution in [0.2, 0.25) is 0 Å². The highest BCUT2D eigenvalue weighted by molar-refractivity contribution is 6.07. The molecule has 1 N–H and O–H groups in total. The lowest BCUT2D eigenvalue weighted by molar-refractivity contribution is -0.534. The fraction of sp³-hybridized carbons (Fsp3) is 0.350. The Labute approximate surface area is 155 Å². The second-order valence-corrected chi connectivity index (χ2v) is 7.48. The number of benzene rings is 2. The first-order chi connectivity index (χ1) is 13.0. The molecule has 0 aromatic heterocycles. The fourth-order valence-electron chi connectivity index (χ4n) is 5.46. The molecule has 2 saturated heterocycles. The summed E-state index contributed by atoms with van der Waals surface area (Å²) < 4.78 is 13.4. The number of carbonyl (C=O) groups excluding carboxylic acids is 1. The van der Waals surface area contributed by atoms with Gasteiger partial charge < -0.3 is 5.32 Å². The van der Waals surface area contributed by atoms with Crippen molar-refractivity contribution in [3.05, 3.63) is 75.6 Å². The largest absolute Gasteiger partial charge is 0.324 e. The molecule has 0 saturated carbocycles. The SMILES string of the molecule is O=C1Nc2ccccc2[C@]12[C@H]([N+](=O)[O-])[C@H](c1ccc(F)cc1)[C@@H]1CCCN12. The minimum atomic E-state index is -1.32. The van der Waals surface area contributed by atoms with Gasteiger partial charge in [-0.3, -0.25) is 19.8 Å². The lowest BCUT2D eigenvalue weighted by Gasteiger charge is -2.32. The van der Waals surface area contributed by atoms with Crippen LogP contribution in [0.5, 0.6) is 0 Å². The van der Waals surface area contributed by atoms with Gasteiger partial charge in [-0.2, -0.15) is 0 Å². The number of halogens is 1. The van der Waals surface area contributed by atoms with Crippen LogP contribution in [0.4, 0.5) is 10.1 Å². The maximum Gasteiger partial charge on any atom is 0.256 e. The normalized spacial score (nSPS) is 31.7. The molecule has 0 unspecified atom stereocenters. The predicted molar refractivity (Wildman–Crippen MR) is 96.4 cm³/mol. The van der Waals surface area contributed by atoms with Crippen LogP contribution in [0.25, 0.3) is 0 Å². The average Bonchev–Trinajstić information content (AvgIpc) is 3.30. The maximum absolute atomic E-state index is 13.4. The molecule has 1 spiro atoms. The Balaban J connectivity index is 1.76. The van der Waals surface area contributed by atoms with Crippen molar-refractivity contribution in [3.63, 3.8) is 0 Å². The Morgan fingerprint density at radius 2 is 1.93 bits per heavy atom. The standard InChI is InChI=1S/C20H18FN3O3/c21-13-9-7-12(8-10-13)17-16-6-3-11-23(16)20(18(17)24(26)27)14-4-1-2-5-15(14)22-19(20)25/h1-2,4-5,7-10,16-18H,3,6,11H2,(H,22,25)/t16-,17+,18+,20-/m0/s1. The lowest BCUT2D eigenvalue weighted by Crippen LogP contribution is -2.55. The summed E-state index contributed by atoms with van der Waals surface area (Å²) in [6.07, 6.45) is 1.66. The molecular formula is C20H18FN3O3. The summed E-state index contributed by atoms with van der Waals surface area (Å²) in [5, 5.41) is 15.2. The first kappa shape index (κ1) is 16.4. The van der Waals surface area contributed by atoms with E-state index < -0.39 is 17.5 Å². The van der Waals surface area contributed by atoms with Crippen LogP contribution in [0.3, 0.4) is 0 Å². The number of amides is 1. The van der Waals surface area contributed by atoms with E-state index in [0.717, 1.165) is 12.8 Å². The summed E-state index contributed by atoms with van der Waals surface area (Å²) in [6, 6.07) is 11.9. The first-order valence-electron chi connectivity index (χ1n) is 9.12. The molecule has 0 radical (unpaired) electrons. The van der Waals surface area contributed by atoms with Gasteiger partial charge in [-0.1, -0.05) is 30.3 Å². The van der Waals surface area contributed by atoms with Crippen LogP contribution in [0, 0.1) is 15.9 Å². The van der Waals surface area contributed by atoms with E-state index in [2.05, 4.69) is 5.32 Å². The van der Waals surface area contributed by atoms with Crippen LogP contribution in [0.1, 0.15) is 29.9 Å². The van der Waals surface area contributed by atoms with Gasteiger partial charge in [0.15, 0.2) is 5.54 Å². The van der Waals surface area contributed by atoms with Crippen molar-refractivity contribution in [2.24, 2.45) is 0 Å². The van der Waals surface area contributed by atoms with E-state index in [1.165, 1.54) is 12.1 Å². The van der Waals surface area contributed by atoms with Crippen molar-refractivity contribution in [1.29, 1.82) is 0 Å². The predicted octanol–water partition coefficient (Wildman–Crippen LogP) is 2.88. The van der Waals surface area contributed by atoms with Gasteiger partial charge in [-0.05, 0) is 36.6 Å². The van der Waals surface area contributed by atoms with E-state index >= 15 is 0 Å². The van der Waals surface area contributed by atoms with Crippen LogP contribution in [0.15, 0.2) is 48.5 Å². The summed E-state index contributed by atoms with van der Waals surface area (Å²) in [7, 11) is 0. The molecule has 2 aromatic rings. The third-order valence-corrected chi connectivity index (χ3v) is 6.35. The van der Waals surface area contributed by atoms with Crippen molar-refractivity contribution in [2.45, 2.75) is 36.4 Å². The van der Waals surface area contributed by atoms with E-state index in [0.29, 0.717) is 23.4 Å². The van der Waals surface area contributed by atoms with Gasteiger partial charge in [-0.15, -0.1) is 0 Å². The molecular weight excluding hydrogens is 349 g/mol. The van der Waals surface area contributed by atoms with Crippen LogP contribution < -0.4 is 5.32 Å². The Hall–Kier alpha value is -2.80. The number of hydrogen-bond acceptors (Lipinski definition) is 4. The van der Waals surface area contributed by atoms with Crippen LogP contribution in [-0.2, 0) is 10.3 Å². The van der Waals surface area contributed by atoms with E-state index in [-0.39, 0.29) is 22.7 Å². The third-order valence-electron chi connectivity index (χ3n) is 6.35. The highest BCUT2D eigenvalue weighted by atomic mass is 19.1. The van der Waals surface area contributed by atoms with E-state index in [4.69, 9.17) is 0 Å². The highest BCUT2D eigenvalue weighted by Crippen LogP contribution is 2.57. The molecule has 27 heavy (non-hydrogen) atoms. The molecule has 0 aliphatic carbocycles. The zero-order valence-corrected chi connectivity index (χ0v) is 14.5. The van der Waals surface area contributed by atoms with Gasteiger partial charge in [0.2, 0.25) is 0 Å². The molecule has 7 heteroatoms. The summed E-state index contributed by atoms with van der Waals surface area (Å²) >= 11 is 0. The molecule has 3 aliphatic rings. The van der Waals surface area contributed by atoms with E-state index in [9.17, 15) is 19.3 Å². The van der Waals surface area contributed by atoms with Gasteiger partial charge >= 0.3 is 0 Å². The van der Waals surface area contributed by atoms with Crippen molar-refractivity contribution in [1.82, 2.24) is 4.90 Å². The summed E-state index contributed by atoms with van der Waals surface area (Å²) in [5.74, 6) is -1.18. The molecule has 3 heterocycles. The minimum absolute atomic E-state index is 0.122. The number of nitrogens with zero attached hydrogens (tertiary/aromatic N) is 2. The lowest BCUT2D eigenvalue weighted by atomic mass is 9.77. The second kappa shape index (κ2) is 5.60. The summed E-state index contributed by atoms with van der Waals surface area (Å²) in [4.78, 5) is 27.3. The Morgan fingerprint density at radius 1 is 1.19 bits per heavy atom. The zero-order valence-electron chi connectivity index (χ0n) is 14.5. The molecule has 6 nitrogen and oxygen atoms in total. The van der Waals surface area contributed by atoms with Gasteiger partial charge in [0, 0.05) is 28.8 Å². The molecule has 5 rings (SSSR count). The summed E-state index contributed by atoms with van der Waals surface area (Å²) in [5.41, 5.74) is 0.706. The van der Waals surface area contributed by atoms with E-state index in [1.807, 2.05) is 23.1 Å². The van der Waals surface area contributed by atoms with Crippen molar-refractivity contribution >= 4 is 11.6 Å². The fourth-order valence-corrected chi connectivity index (χ4v) is 5.46. The minimum Gasteiger partial charge on any atom is -0.324 e. The number of para-hydroxylation sites is 1. The number of nitrogens with one attached hydrogen (secondary N) is 1. The number of carbonyl (C=O) groups is 1. The number of fused-ring (bicyclic) bond motifs is 4. The smallest absolute Gasteiger partial charge is 0.256 e. The maximum atomic E-state index is 13.4. The zero-order chi connectivity index (χ0) is 18.8. The van der Waals surface area contributed by atoms with Gasteiger partial charge in [-0.25, -0.2) is 4.39 Å². The second-order valence-electron chi connectivity index (χ2n) is 7.48.